The molecule has 0 radical (unpaired) electrons. The molecule has 6 nitrogen and oxygen atoms in total. The predicted molar refractivity (Wildman–Crippen MR) is 149 cm³/mol. The van der Waals surface area contributed by atoms with Crippen LogP contribution in [0.4, 0.5) is 0 Å². The quantitative estimate of drug-likeness (QED) is 0.226. The molecule has 2 aromatic carbocycles. The smallest absolute Gasteiger partial charge is 0.328 e. The van der Waals surface area contributed by atoms with Gasteiger partial charge in [0.1, 0.15) is 11.8 Å². The molecule has 3 atom stereocenters. The van der Waals surface area contributed by atoms with Gasteiger partial charge in [0.2, 0.25) is 5.91 Å². The van der Waals surface area contributed by atoms with Crippen LogP contribution in [0.15, 0.2) is 53.4 Å². The lowest BCUT2D eigenvalue weighted by Crippen LogP contribution is -2.44. The lowest BCUT2D eigenvalue weighted by molar-refractivity contribution is -0.145. The van der Waals surface area contributed by atoms with Crippen LogP contribution in [-0.4, -0.2) is 54.7 Å². The van der Waals surface area contributed by atoms with Gasteiger partial charge in [-0.1, -0.05) is 50.2 Å². The van der Waals surface area contributed by atoms with Crippen molar-refractivity contribution >= 4 is 29.4 Å². The summed E-state index contributed by atoms with van der Waals surface area (Å²) in [6.45, 7) is 8.20. The summed E-state index contributed by atoms with van der Waals surface area (Å²) in [5.41, 5.74) is 3.04. The molecule has 2 aromatic rings. The molecule has 200 valence electrons. The number of carbonyl (C=O) groups is 3. The molecule has 0 aliphatic heterocycles. The fourth-order valence-electron chi connectivity index (χ4n) is 4.65. The van der Waals surface area contributed by atoms with E-state index in [2.05, 4.69) is 36.2 Å². The minimum absolute atomic E-state index is 0.212. The van der Waals surface area contributed by atoms with Gasteiger partial charge in [-0.2, -0.15) is 0 Å². The van der Waals surface area contributed by atoms with E-state index in [-0.39, 0.29) is 5.91 Å². The van der Waals surface area contributed by atoms with Crippen molar-refractivity contribution in [2.24, 2.45) is 5.92 Å². The number of hydrogen-bond acceptors (Lipinski definition) is 6. The van der Waals surface area contributed by atoms with Gasteiger partial charge in [-0.15, -0.1) is 11.8 Å². The summed E-state index contributed by atoms with van der Waals surface area (Å²) in [4.78, 5) is 40.6. The predicted octanol–water partition coefficient (Wildman–Crippen LogP) is 4.99. The van der Waals surface area contributed by atoms with Crippen LogP contribution >= 0.6 is 11.8 Å². The van der Waals surface area contributed by atoms with Crippen LogP contribution in [-0.2, 0) is 32.0 Å². The minimum Gasteiger partial charge on any atom is -0.467 e. The summed E-state index contributed by atoms with van der Waals surface area (Å²) in [6, 6.07) is 15.4. The highest BCUT2D eigenvalue weighted by Gasteiger charge is 2.26. The fraction of sp³-hybridized carbons (Fsp3) is 0.500. The molecule has 0 heterocycles. The van der Waals surface area contributed by atoms with Gasteiger partial charge < -0.3 is 10.1 Å². The third kappa shape index (κ3) is 8.71. The van der Waals surface area contributed by atoms with E-state index in [0.29, 0.717) is 31.0 Å². The molecule has 2 unspecified atom stereocenters. The molecule has 1 N–H and O–H groups in total. The molecular formula is C30H40N2O4S. The largest absolute Gasteiger partial charge is 0.467 e. The Morgan fingerprint density at radius 2 is 1.70 bits per heavy atom. The SMILES string of the molecule is CCN(CC)CSc1ccc(C[C@H](NC(=O)C(C)c2ccc(CC3CCC(=O)C3)cc2)C(=O)OC)cc1. The number of esters is 1. The Kier molecular flexibility index (Phi) is 11.2. The van der Waals surface area contributed by atoms with E-state index in [0.717, 1.165) is 42.9 Å². The number of ether oxygens (including phenoxy) is 1. The summed E-state index contributed by atoms with van der Waals surface area (Å²) in [5, 5.41) is 2.90. The van der Waals surface area contributed by atoms with Gasteiger partial charge in [0.25, 0.3) is 0 Å². The minimum atomic E-state index is -0.756. The third-order valence-corrected chi connectivity index (χ3v) is 8.32. The number of ketones is 1. The standard InChI is InChI=1S/C30H40N2O4S/c1-5-32(6-2)20-37-27-15-10-23(11-16-27)19-28(30(35)36-4)31-29(34)21(3)25-12-7-22(8-13-25)17-24-9-14-26(33)18-24/h7-8,10-13,15-16,21,24,28H,5-6,9,14,17-20H2,1-4H3,(H,31,34)/t21?,24?,28-/m0/s1. The van der Waals surface area contributed by atoms with Crippen molar-refractivity contribution in [1.82, 2.24) is 10.2 Å². The van der Waals surface area contributed by atoms with E-state index in [1.165, 1.54) is 17.6 Å². The summed E-state index contributed by atoms with van der Waals surface area (Å²) < 4.78 is 4.98. The van der Waals surface area contributed by atoms with Crippen LogP contribution in [0.3, 0.4) is 0 Å². The molecule has 7 heteroatoms. The normalized spacial score (nSPS) is 17.0. The van der Waals surface area contributed by atoms with E-state index in [1.807, 2.05) is 43.3 Å². The molecule has 3 rings (SSSR count). The van der Waals surface area contributed by atoms with Crippen molar-refractivity contribution in [2.75, 3.05) is 26.1 Å². The Morgan fingerprint density at radius 3 is 2.27 bits per heavy atom. The van der Waals surface area contributed by atoms with Crippen LogP contribution < -0.4 is 5.32 Å². The molecule has 0 saturated heterocycles. The maximum atomic E-state index is 13.1. The Labute approximate surface area is 225 Å². The van der Waals surface area contributed by atoms with Gasteiger partial charge in [-0.3, -0.25) is 14.5 Å². The summed E-state index contributed by atoms with van der Waals surface area (Å²) in [7, 11) is 1.34. The Balaban J connectivity index is 1.57. The van der Waals surface area contributed by atoms with Gasteiger partial charge in [-0.05, 0) is 67.6 Å². The number of benzene rings is 2. The van der Waals surface area contributed by atoms with Crippen molar-refractivity contribution in [2.45, 2.75) is 69.7 Å². The van der Waals surface area contributed by atoms with Crippen LogP contribution in [0.5, 0.6) is 0 Å². The van der Waals surface area contributed by atoms with E-state index >= 15 is 0 Å². The monoisotopic (exact) mass is 524 g/mol. The molecule has 1 amide bonds. The number of hydrogen-bond donors (Lipinski definition) is 1. The van der Waals surface area contributed by atoms with E-state index in [1.54, 1.807) is 11.8 Å². The molecule has 0 aromatic heterocycles. The number of nitrogens with zero attached hydrogens (tertiary/aromatic N) is 1. The van der Waals surface area contributed by atoms with Gasteiger partial charge >= 0.3 is 5.97 Å². The van der Waals surface area contributed by atoms with Crippen molar-refractivity contribution in [3.8, 4) is 0 Å². The van der Waals surface area contributed by atoms with Crippen LogP contribution in [0, 0.1) is 5.92 Å². The molecule has 37 heavy (non-hydrogen) atoms. The summed E-state index contributed by atoms with van der Waals surface area (Å²) in [5.74, 6) is 0.643. The van der Waals surface area contributed by atoms with Crippen molar-refractivity contribution in [3.63, 3.8) is 0 Å². The fourth-order valence-corrected chi connectivity index (χ4v) is 5.68. The number of amides is 1. The summed E-state index contributed by atoms with van der Waals surface area (Å²) >= 11 is 1.79. The van der Waals surface area contributed by atoms with Crippen LogP contribution in [0.2, 0.25) is 0 Å². The van der Waals surface area contributed by atoms with Crippen LogP contribution in [0.25, 0.3) is 0 Å². The van der Waals surface area contributed by atoms with Crippen molar-refractivity contribution in [3.05, 3.63) is 65.2 Å². The zero-order valence-electron chi connectivity index (χ0n) is 22.5. The number of Topliss-reactive ketones (excluding diaryl/α,β-unsaturated/α-hetero) is 1. The number of methoxy groups -OCH3 is 1. The molecule has 1 aliphatic rings. The lowest BCUT2D eigenvalue weighted by atomic mass is 9.94. The number of carbonyl (C=O) groups excluding carboxylic acids is 3. The zero-order valence-corrected chi connectivity index (χ0v) is 23.3. The molecule has 1 saturated carbocycles. The Hall–Kier alpha value is -2.64. The number of nitrogens with one attached hydrogen (secondary N) is 1. The van der Waals surface area contributed by atoms with Gasteiger partial charge in [0.15, 0.2) is 0 Å². The van der Waals surface area contributed by atoms with E-state index in [9.17, 15) is 14.4 Å². The first-order chi connectivity index (χ1) is 17.8. The highest BCUT2D eigenvalue weighted by atomic mass is 32.2. The molecule has 0 spiro atoms. The average Bonchev–Trinajstić information content (AvgIpc) is 3.33. The Morgan fingerprint density at radius 1 is 1.05 bits per heavy atom. The maximum Gasteiger partial charge on any atom is 0.328 e. The van der Waals surface area contributed by atoms with Gasteiger partial charge in [0, 0.05) is 30.0 Å². The topological polar surface area (TPSA) is 75.7 Å². The first-order valence-corrected chi connectivity index (χ1v) is 14.2. The average molecular weight is 525 g/mol. The second-order valence-electron chi connectivity index (χ2n) is 9.82. The molecule has 1 fully saturated rings. The Bertz CT molecular complexity index is 1030. The molecule has 1 aliphatic carbocycles. The molecular weight excluding hydrogens is 484 g/mol. The second-order valence-corrected chi connectivity index (χ2v) is 10.8. The van der Waals surface area contributed by atoms with Gasteiger partial charge in [-0.25, -0.2) is 4.79 Å². The number of rotatable bonds is 13. The maximum absolute atomic E-state index is 13.1. The van der Waals surface area contributed by atoms with Gasteiger partial charge in [0.05, 0.1) is 13.0 Å². The second kappa shape index (κ2) is 14.3. The highest BCUT2D eigenvalue weighted by Crippen LogP contribution is 2.27. The third-order valence-electron chi connectivity index (χ3n) is 7.22. The summed E-state index contributed by atoms with van der Waals surface area (Å²) in [6.07, 6.45) is 3.59. The van der Waals surface area contributed by atoms with E-state index in [4.69, 9.17) is 4.74 Å². The number of thioether (sulfide) groups is 1. The zero-order chi connectivity index (χ0) is 26.8. The van der Waals surface area contributed by atoms with E-state index < -0.39 is 17.9 Å². The lowest BCUT2D eigenvalue weighted by Gasteiger charge is -2.20. The first-order valence-electron chi connectivity index (χ1n) is 13.3. The first kappa shape index (κ1) is 28.9. The van der Waals surface area contributed by atoms with Crippen molar-refractivity contribution in [1.29, 1.82) is 0 Å². The highest BCUT2D eigenvalue weighted by molar-refractivity contribution is 7.99. The van der Waals surface area contributed by atoms with Crippen LogP contribution in [0.1, 0.15) is 62.6 Å². The van der Waals surface area contributed by atoms with Crippen molar-refractivity contribution < 1.29 is 19.1 Å². The molecule has 0 bridgehead atoms.